The summed E-state index contributed by atoms with van der Waals surface area (Å²) >= 11 is 0. The Bertz CT molecular complexity index is 627. The van der Waals surface area contributed by atoms with Gasteiger partial charge in [0.25, 0.3) is 11.6 Å². The van der Waals surface area contributed by atoms with E-state index in [1.165, 1.54) is 36.6 Å². The van der Waals surface area contributed by atoms with Gasteiger partial charge in [-0.15, -0.1) is 0 Å². The molecule has 0 radical (unpaired) electrons. The highest BCUT2D eigenvalue weighted by atomic mass is 16.6. The van der Waals surface area contributed by atoms with Crippen LogP contribution in [-0.4, -0.2) is 10.8 Å². The number of amides is 1. The number of benzene rings is 1. The highest BCUT2D eigenvalue weighted by Crippen LogP contribution is 2.20. The molecule has 0 fully saturated rings. The van der Waals surface area contributed by atoms with Gasteiger partial charge in [-0.1, -0.05) is 0 Å². The Morgan fingerprint density at radius 3 is 2.42 bits per heavy atom. The van der Waals surface area contributed by atoms with Gasteiger partial charge in [-0.05, 0) is 35.9 Å². The number of non-ortho nitro benzene ring substituents is 1. The first-order chi connectivity index (χ1) is 9.08. The molecular weight excluding hydrogens is 248 g/mol. The highest BCUT2D eigenvalue weighted by Gasteiger charge is 2.11. The normalized spacial score (nSPS) is 11.3. The van der Waals surface area contributed by atoms with Crippen LogP contribution in [0.4, 0.5) is 5.69 Å². The van der Waals surface area contributed by atoms with Gasteiger partial charge < -0.3 is 10.2 Å². The minimum atomic E-state index is -0.631. The van der Waals surface area contributed by atoms with Crippen LogP contribution in [0.5, 0.6) is 0 Å². The molecule has 1 aromatic heterocycles. The fraction of sp³-hybridized carbons (Fsp3) is 0. The number of nitrogens with zero attached hydrogens (tertiary/aromatic N) is 1. The predicted octanol–water partition coefficient (Wildman–Crippen LogP) is 2.21. The topological polar surface area (TPSA) is 99.4 Å². The van der Waals surface area contributed by atoms with Crippen molar-refractivity contribution in [3.63, 3.8) is 0 Å². The minimum absolute atomic E-state index is 0.0178. The molecule has 2 aromatic rings. The first-order valence-corrected chi connectivity index (χ1v) is 5.38. The van der Waals surface area contributed by atoms with Gasteiger partial charge in [-0.25, -0.2) is 0 Å². The monoisotopic (exact) mass is 258 g/mol. The molecule has 0 spiro atoms. The van der Waals surface area contributed by atoms with Crippen LogP contribution in [0, 0.1) is 10.1 Å². The van der Waals surface area contributed by atoms with Crippen molar-refractivity contribution in [1.82, 2.24) is 0 Å². The number of carbonyl (C=O) groups excluding carboxylic acids is 1. The average Bonchev–Trinajstić information content (AvgIpc) is 2.89. The predicted molar refractivity (Wildman–Crippen MR) is 68.9 cm³/mol. The summed E-state index contributed by atoms with van der Waals surface area (Å²) in [6.07, 6.45) is 2.95. The molecule has 19 heavy (non-hydrogen) atoms. The van der Waals surface area contributed by atoms with Gasteiger partial charge in [0, 0.05) is 12.1 Å². The van der Waals surface area contributed by atoms with Crippen molar-refractivity contribution in [3.05, 3.63) is 64.1 Å². The maximum atomic E-state index is 11.4. The first-order valence-electron chi connectivity index (χ1n) is 5.38. The van der Waals surface area contributed by atoms with Crippen LogP contribution in [-0.2, 0) is 4.79 Å². The Balaban J connectivity index is 2.37. The van der Waals surface area contributed by atoms with E-state index in [1.807, 2.05) is 0 Å². The van der Waals surface area contributed by atoms with E-state index in [4.69, 9.17) is 10.2 Å². The molecule has 0 saturated heterocycles. The molecule has 1 aromatic carbocycles. The quantitative estimate of drug-likeness (QED) is 0.516. The zero-order valence-corrected chi connectivity index (χ0v) is 9.78. The van der Waals surface area contributed by atoms with Crippen LogP contribution >= 0.6 is 0 Å². The number of nitrogens with two attached hydrogens (primary N) is 1. The fourth-order valence-electron chi connectivity index (χ4n) is 1.55. The van der Waals surface area contributed by atoms with Gasteiger partial charge in [0.15, 0.2) is 0 Å². The molecule has 0 aliphatic heterocycles. The van der Waals surface area contributed by atoms with E-state index in [0.29, 0.717) is 11.3 Å². The average molecular weight is 258 g/mol. The van der Waals surface area contributed by atoms with Crippen LogP contribution in [0.1, 0.15) is 11.3 Å². The SMILES string of the molecule is NC(=O)C(=Cc1ccc([N+](=O)[O-])cc1)c1ccco1. The van der Waals surface area contributed by atoms with Crippen molar-refractivity contribution >= 4 is 23.2 Å². The number of nitro benzene ring substituents is 1. The van der Waals surface area contributed by atoms with Gasteiger partial charge in [-0.3, -0.25) is 14.9 Å². The summed E-state index contributed by atoms with van der Waals surface area (Å²) in [5, 5.41) is 10.5. The molecule has 1 heterocycles. The van der Waals surface area contributed by atoms with E-state index in [0.717, 1.165) is 0 Å². The fourth-order valence-corrected chi connectivity index (χ4v) is 1.55. The van der Waals surface area contributed by atoms with Gasteiger partial charge >= 0.3 is 0 Å². The van der Waals surface area contributed by atoms with Gasteiger partial charge in [0.05, 0.1) is 16.8 Å². The van der Waals surface area contributed by atoms with Gasteiger partial charge in [-0.2, -0.15) is 0 Å². The van der Waals surface area contributed by atoms with Crippen LogP contribution in [0.2, 0.25) is 0 Å². The van der Waals surface area contributed by atoms with E-state index >= 15 is 0 Å². The Kier molecular flexibility index (Phi) is 3.42. The van der Waals surface area contributed by atoms with Crippen molar-refractivity contribution in [2.75, 3.05) is 0 Å². The minimum Gasteiger partial charge on any atom is -0.464 e. The standard InChI is InChI=1S/C13H10N2O4/c14-13(16)11(12-2-1-7-19-12)8-9-3-5-10(6-4-9)15(17)18/h1-8H,(H2,14,16). The van der Waals surface area contributed by atoms with Crippen molar-refractivity contribution < 1.29 is 14.1 Å². The molecule has 6 nitrogen and oxygen atoms in total. The van der Waals surface area contributed by atoms with Crippen molar-refractivity contribution in [2.24, 2.45) is 5.73 Å². The third-order valence-electron chi connectivity index (χ3n) is 2.47. The van der Waals surface area contributed by atoms with E-state index in [9.17, 15) is 14.9 Å². The number of hydrogen-bond donors (Lipinski definition) is 1. The second-order valence-electron chi connectivity index (χ2n) is 3.75. The van der Waals surface area contributed by atoms with E-state index in [-0.39, 0.29) is 11.3 Å². The van der Waals surface area contributed by atoms with Crippen molar-refractivity contribution in [1.29, 1.82) is 0 Å². The lowest BCUT2D eigenvalue weighted by molar-refractivity contribution is -0.384. The number of carbonyl (C=O) groups is 1. The van der Waals surface area contributed by atoms with Crippen molar-refractivity contribution in [3.8, 4) is 0 Å². The van der Waals surface area contributed by atoms with E-state index in [1.54, 1.807) is 12.1 Å². The Hall–Kier alpha value is -2.89. The van der Waals surface area contributed by atoms with Crippen molar-refractivity contribution in [2.45, 2.75) is 0 Å². The molecule has 0 aliphatic rings. The molecule has 1 amide bonds. The summed E-state index contributed by atoms with van der Waals surface area (Å²) in [6, 6.07) is 9.02. The summed E-state index contributed by atoms with van der Waals surface area (Å²) in [4.78, 5) is 21.4. The zero-order valence-electron chi connectivity index (χ0n) is 9.78. The molecule has 0 saturated carbocycles. The molecule has 0 bridgehead atoms. The van der Waals surface area contributed by atoms with Crippen LogP contribution in [0.15, 0.2) is 47.1 Å². The summed E-state index contributed by atoms with van der Waals surface area (Å²) in [5.74, 6) is -0.279. The largest absolute Gasteiger partial charge is 0.464 e. The molecule has 2 N–H and O–H groups in total. The molecule has 96 valence electrons. The van der Waals surface area contributed by atoms with Crippen LogP contribution in [0.25, 0.3) is 11.6 Å². The molecule has 0 aliphatic carbocycles. The van der Waals surface area contributed by atoms with Gasteiger partial charge in [0.1, 0.15) is 5.76 Å². The highest BCUT2D eigenvalue weighted by molar-refractivity contribution is 6.22. The van der Waals surface area contributed by atoms with E-state index in [2.05, 4.69) is 0 Å². The van der Waals surface area contributed by atoms with Crippen LogP contribution < -0.4 is 5.73 Å². The second-order valence-corrected chi connectivity index (χ2v) is 3.75. The third-order valence-corrected chi connectivity index (χ3v) is 2.47. The maximum absolute atomic E-state index is 11.4. The Morgan fingerprint density at radius 1 is 1.26 bits per heavy atom. The lowest BCUT2D eigenvalue weighted by Gasteiger charge is -2.00. The molecule has 0 unspecified atom stereocenters. The summed E-state index contributed by atoms with van der Waals surface area (Å²) < 4.78 is 5.11. The Morgan fingerprint density at radius 2 is 1.95 bits per heavy atom. The van der Waals surface area contributed by atoms with Gasteiger partial charge in [0.2, 0.25) is 0 Å². The first kappa shape index (κ1) is 12.6. The van der Waals surface area contributed by atoms with E-state index < -0.39 is 10.8 Å². The molecule has 6 heteroatoms. The summed E-state index contributed by atoms with van der Waals surface area (Å²) in [5.41, 5.74) is 6.09. The summed E-state index contributed by atoms with van der Waals surface area (Å²) in [7, 11) is 0. The number of nitro groups is 1. The molecule has 0 atom stereocenters. The van der Waals surface area contributed by atoms with Crippen LogP contribution in [0.3, 0.4) is 0 Å². The number of furan rings is 1. The Labute approximate surface area is 108 Å². The maximum Gasteiger partial charge on any atom is 0.269 e. The smallest absolute Gasteiger partial charge is 0.269 e. The lowest BCUT2D eigenvalue weighted by Crippen LogP contribution is -2.12. The number of hydrogen-bond acceptors (Lipinski definition) is 4. The molecule has 2 rings (SSSR count). The lowest BCUT2D eigenvalue weighted by atomic mass is 10.1. The zero-order chi connectivity index (χ0) is 13.8. The number of primary amides is 1. The summed E-state index contributed by atoms with van der Waals surface area (Å²) in [6.45, 7) is 0. The number of rotatable bonds is 4. The third kappa shape index (κ3) is 2.86. The molecular formula is C13H10N2O4. The second kappa shape index (κ2) is 5.18.